The van der Waals surface area contributed by atoms with E-state index in [9.17, 15) is 20.1 Å². The topological polar surface area (TPSA) is 155 Å². The van der Waals surface area contributed by atoms with E-state index in [0.717, 1.165) is 84.1 Å². The van der Waals surface area contributed by atoms with E-state index in [2.05, 4.69) is 18.8 Å². The summed E-state index contributed by atoms with van der Waals surface area (Å²) in [5.74, 6) is 0.190. The van der Waals surface area contributed by atoms with Gasteiger partial charge in [-0.15, -0.1) is 0 Å². The van der Waals surface area contributed by atoms with Gasteiger partial charge in [-0.2, -0.15) is 0 Å². The number of aliphatic hydroxyl groups is 2. The van der Waals surface area contributed by atoms with Crippen LogP contribution in [0, 0.1) is 5.92 Å². The smallest absolute Gasteiger partial charge is 0.163 e. The molecule has 0 bridgehead atoms. The Morgan fingerprint density at radius 3 is 2.50 bits per heavy atom. The second-order valence-corrected chi connectivity index (χ2v) is 12.6. The van der Waals surface area contributed by atoms with E-state index in [1.807, 2.05) is 41.6 Å². The van der Waals surface area contributed by atoms with E-state index in [1.54, 1.807) is 12.1 Å². The van der Waals surface area contributed by atoms with Crippen LogP contribution in [0.3, 0.4) is 0 Å². The van der Waals surface area contributed by atoms with Crippen LogP contribution in [-0.2, 0) is 24.2 Å². The zero-order chi connectivity index (χ0) is 33.1. The maximum Gasteiger partial charge on any atom is 0.163 e. The number of ketones is 1. The largest absolute Gasteiger partial charge is 0.504 e. The van der Waals surface area contributed by atoms with Crippen LogP contribution in [0.5, 0.6) is 11.5 Å². The van der Waals surface area contributed by atoms with Crippen molar-refractivity contribution in [2.45, 2.75) is 103 Å². The molecule has 7 N–H and O–H groups in total. The molecule has 0 aromatic heterocycles. The van der Waals surface area contributed by atoms with Crippen LogP contribution in [0.15, 0.2) is 64.9 Å². The number of aliphatic imine (C=N–C) groups is 1. The average Bonchev–Trinajstić information content (AvgIpc) is 3.63. The van der Waals surface area contributed by atoms with Crippen molar-refractivity contribution in [1.82, 2.24) is 4.90 Å². The lowest BCUT2D eigenvalue weighted by Crippen LogP contribution is -2.28. The van der Waals surface area contributed by atoms with Crippen LogP contribution in [0.1, 0.15) is 100 Å². The van der Waals surface area contributed by atoms with Crippen LogP contribution in [-0.4, -0.2) is 51.1 Å². The van der Waals surface area contributed by atoms with Gasteiger partial charge in [0.25, 0.3) is 0 Å². The number of hydrogen-bond acceptors (Lipinski definition) is 9. The summed E-state index contributed by atoms with van der Waals surface area (Å²) in [5.41, 5.74) is 18.3. The van der Waals surface area contributed by atoms with Crippen molar-refractivity contribution in [2.24, 2.45) is 22.4 Å². The summed E-state index contributed by atoms with van der Waals surface area (Å²) >= 11 is 0. The number of phenolic OH excluding ortho intramolecular Hbond substituents is 1. The number of fused-ring (bicyclic) bond motifs is 1. The van der Waals surface area contributed by atoms with E-state index < -0.39 is 12.3 Å². The Hall–Kier alpha value is -3.50. The van der Waals surface area contributed by atoms with E-state index >= 15 is 0 Å². The number of benzene rings is 2. The third-order valence-corrected chi connectivity index (χ3v) is 9.03. The average molecular weight is 633 g/mol. The molecule has 0 spiro atoms. The molecule has 2 aliphatic heterocycles. The summed E-state index contributed by atoms with van der Waals surface area (Å²) < 4.78 is 6.04. The summed E-state index contributed by atoms with van der Waals surface area (Å²) in [5, 5.41) is 31.2. The highest BCUT2D eigenvalue weighted by molar-refractivity contribution is 6.09. The van der Waals surface area contributed by atoms with Gasteiger partial charge in [0.05, 0.1) is 31.1 Å². The molecule has 0 fully saturated rings. The van der Waals surface area contributed by atoms with Crippen molar-refractivity contribution in [2.75, 3.05) is 13.3 Å². The number of nitrogens with zero attached hydrogens (tertiary/aromatic N) is 2. The molecule has 2 aromatic rings. The molecular formula is C37H52N4O5. The number of aliphatic hydroxyl groups excluding tert-OH is 2. The van der Waals surface area contributed by atoms with E-state index in [-0.39, 0.29) is 30.8 Å². The van der Waals surface area contributed by atoms with Gasteiger partial charge in [0, 0.05) is 36.7 Å². The highest BCUT2D eigenvalue weighted by Crippen LogP contribution is 2.32. The summed E-state index contributed by atoms with van der Waals surface area (Å²) in [6.45, 7) is 4.99. The Morgan fingerprint density at radius 1 is 1.02 bits per heavy atom. The van der Waals surface area contributed by atoms with Gasteiger partial charge in [0.2, 0.25) is 0 Å². The molecule has 0 saturated carbocycles. The normalized spacial score (nSPS) is 15.5. The molecular weight excluding hydrogens is 580 g/mol. The van der Waals surface area contributed by atoms with Crippen molar-refractivity contribution in [3.8, 4) is 11.5 Å². The Kier molecular flexibility index (Phi) is 13.4. The highest BCUT2D eigenvalue weighted by Gasteiger charge is 2.28. The first-order valence-corrected chi connectivity index (χ1v) is 16.9. The van der Waals surface area contributed by atoms with Crippen LogP contribution in [0.2, 0.25) is 0 Å². The molecule has 46 heavy (non-hydrogen) atoms. The van der Waals surface area contributed by atoms with Gasteiger partial charge in [-0.1, -0.05) is 76.6 Å². The van der Waals surface area contributed by atoms with E-state index in [4.69, 9.17) is 16.2 Å². The minimum absolute atomic E-state index is 0.0401. The molecule has 9 heteroatoms. The predicted octanol–water partition coefficient (Wildman–Crippen LogP) is 5.56. The Bertz CT molecular complexity index is 1420. The van der Waals surface area contributed by atoms with Crippen molar-refractivity contribution in [3.05, 3.63) is 82.2 Å². The number of aryl methyl sites for hydroxylation is 1. The zero-order valence-corrected chi connectivity index (χ0v) is 27.5. The van der Waals surface area contributed by atoms with Gasteiger partial charge in [-0.3, -0.25) is 9.79 Å². The number of nitrogens with two attached hydrogens (primary N) is 2. The molecule has 2 atom stereocenters. The van der Waals surface area contributed by atoms with Gasteiger partial charge < -0.3 is 36.4 Å². The van der Waals surface area contributed by atoms with Crippen molar-refractivity contribution in [1.29, 1.82) is 0 Å². The number of aromatic hydroxyl groups is 1. The summed E-state index contributed by atoms with van der Waals surface area (Å²) in [4.78, 5) is 19.9. The number of phenols is 1. The van der Waals surface area contributed by atoms with Crippen LogP contribution < -0.4 is 16.2 Å². The number of Topliss-reactive ketones (excluding diaryl/α,β-unsaturated/α-hetero) is 1. The fourth-order valence-electron chi connectivity index (χ4n) is 6.21. The second kappa shape index (κ2) is 17.4. The fraction of sp³-hybridized carbons (Fsp3) is 0.514. The number of carbonyl (C=O) groups excluding carboxylic acids is 1. The molecule has 2 aromatic carbocycles. The first kappa shape index (κ1) is 35.4. The van der Waals surface area contributed by atoms with Crippen molar-refractivity contribution >= 4 is 11.5 Å². The quantitative estimate of drug-likeness (QED) is 0.0940. The maximum absolute atomic E-state index is 13.3. The van der Waals surface area contributed by atoms with Gasteiger partial charge in [0.1, 0.15) is 5.78 Å². The second-order valence-electron chi connectivity index (χ2n) is 12.6. The lowest BCUT2D eigenvalue weighted by molar-refractivity contribution is -0.126. The molecule has 0 aliphatic carbocycles. The van der Waals surface area contributed by atoms with Gasteiger partial charge in [-0.25, -0.2) is 0 Å². The molecule has 0 saturated heterocycles. The first-order chi connectivity index (χ1) is 22.2. The van der Waals surface area contributed by atoms with Gasteiger partial charge in [0.15, 0.2) is 18.2 Å². The third-order valence-electron chi connectivity index (χ3n) is 9.03. The Labute approximate surface area is 273 Å². The third kappa shape index (κ3) is 9.51. The zero-order valence-electron chi connectivity index (χ0n) is 27.5. The Balaban J connectivity index is 1.34. The molecule has 0 amide bonds. The maximum atomic E-state index is 13.3. The lowest BCUT2D eigenvalue weighted by atomic mass is 9.86. The number of ether oxygens (including phenoxy) is 1. The number of allylic oxidation sites excluding steroid dienone is 1. The van der Waals surface area contributed by atoms with Gasteiger partial charge in [-0.05, 0) is 59.2 Å². The summed E-state index contributed by atoms with van der Waals surface area (Å²) in [6.07, 6.45) is 11.7. The minimum atomic E-state index is -0.592. The molecule has 9 nitrogen and oxygen atoms in total. The summed E-state index contributed by atoms with van der Waals surface area (Å²) in [7, 11) is 0. The molecule has 250 valence electrons. The first-order valence-electron chi connectivity index (χ1n) is 16.9. The van der Waals surface area contributed by atoms with Crippen LogP contribution >= 0.6 is 0 Å². The standard InChI is InChI=1S/C37H52N4O5/c1-3-5-7-9-30(33(43)10-8-6-4-2)34(44)15-11-25-12-16-35(45)36(17-25)46-24-41-21-31-29(20-40-32(31)22-41)19-28-18-26(37(38)39)13-14-27(28)23-42/h12-14,16-18,20-21,30,33,37,42-43,45H,3-11,15,19,22-24,38-39H2,1-2H3. The van der Waals surface area contributed by atoms with Crippen molar-refractivity contribution < 1.29 is 24.9 Å². The number of carbonyl (C=O) groups is 1. The molecule has 2 heterocycles. The lowest BCUT2D eigenvalue weighted by Gasteiger charge is -2.22. The van der Waals surface area contributed by atoms with Crippen LogP contribution in [0.4, 0.5) is 0 Å². The number of unbranched alkanes of at least 4 members (excludes halogenated alkanes) is 4. The minimum Gasteiger partial charge on any atom is -0.504 e. The number of hydrogen-bond donors (Lipinski definition) is 5. The monoisotopic (exact) mass is 632 g/mol. The predicted molar refractivity (Wildman–Crippen MR) is 182 cm³/mol. The molecule has 2 aliphatic rings. The van der Waals surface area contributed by atoms with E-state index in [0.29, 0.717) is 38.0 Å². The van der Waals surface area contributed by atoms with E-state index in [1.165, 1.54) is 0 Å². The SMILES string of the molecule is CCCCCC(O)C(CCCCC)C(=O)CCc1ccc(O)c(OCN2C=C3C(Cc4cc(C(N)N)ccc4CO)=CN=C3C2)c1. The Morgan fingerprint density at radius 2 is 1.78 bits per heavy atom. The van der Waals surface area contributed by atoms with Crippen molar-refractivity contribution in [3.63, 3.8) is 0 Å². The number of rotatable bonds is 20. The fourth-order valence-corrected chi connectivity index (χ4v) is 6.21. The highest BCUT2D eigenvalue weighted by atomic mass is 16.5. The molecule has 0 radical (unpaired) electrons. The molecule has 4 rings (SSSR count). The molecule has 2 unspecified atom stereocenters. The van der Waals surface area contributed by atoms with Gasteiger partial charge >= 0.3 is 0 Å². The van der Waals surface area contributed by atoms with Crippen LogP contribution in [0.25, 0.3) is 0 Å². The summed E-state index contributed by atoms with van der Waals surface area (Å²) in [6, 6.07) is 10.9.